The summed E-state index contributed by atoms with van der Waals surface area (Å²) in [6.45, 7) is 1.57. The average Bonchev–Trinajstić information content (AvgIpc) is 2.46. The number of aryl methyl sites for hydroxylation is 1. The third kappa shape index (κ3) is 4.03. The predicted molar refractivity (Wildman–Crippen MR) is 80.9 cm³/mol. The lowest BCUT2D eigenvalue weighted by Crippen LogP contribution is -2.41. The van der Waals surface area contributed by atoms with Gasteiger partial charge in [0.25, 0.3) is 0 Å². The number of carbonyl (C=O) groups is 1. The van der Waals surface area contributed by atoms with Gasteiger partial charge in [-0.3, -0.25) is 4.79 Å². The minimum atomic E-state index is 0.241. The van der Waals surface area contributed by atoms with E-state index in [0.717, 1.165) is 32.4 Å². The highest BCUT2D eigenvalue weighted by Crippen LogP contribution is 2.18. The van der Waals surface area contributed by atoms with E-state index < -0.39 is 0 Å². The van der Waals surface area contributed by atoms with Crippen LogP contribution in [0.15, 0.2) is 30.3 Å². The Morgan fingerprint density at radius 3 is 2.47 bits per heavy atom. The molecule has 0 saturated carbocycles. The first kappa shape index (κ1) is 14.0. The van der Waals surface area contributed by atoms with E-state index in [1.807, 2.05) is 23.1 Å². The molecular formula is C15H20N2OS. The van der Waals surface area contributed by atoms with Gasteiger partial charge in [-0.1, -0.05) is 42.5 Å². The summed E-state index contributed by atoms with van der Waals surface area (Å²) in [5.74, 6) is 0.554. The van der Waals surface area contributed by atoms with E-state index in [2.05, 4.69) is 12.1 Å². The van der Waals surface area contributed by atoms with Crippen molar-refractivity contribution >= 4 is 23.1 Å². The fourth-order valence-corrected chi connectivity index (χ4v) is 2.70. The summed E-state index contributed by atoms with van der Waals surface area (Å²) in [4.78, 5) is 14.6. The largest absolute Gasteiger partial charge is 0.393 e. The molecule has 1 heterocycles. The number of piperidine rings is 1. The van der Waals surface area contributed by atoms with Crippen LogP contribution in [0.1, 0.15) is 24.8 Å². The van der Waals surface area contributed by atoms with Gasteiger partial charge in [0.05, 0.1) is 4.99 Å². The van der Waals surface area contributed by atoms with Crippen LogP contribution in [0.5, 0.6) is 0 Å². The van der Waals surface area contributed by atoms with E-state index in [0.29, 0.717) is 17.3 Å². The lowest BCUT2D eigenvalue weighted by atomic mass is 9.96. The van der Waals surface area contributed by atoms with Gasteiger partial charge < -0.3 is 10.6 Å². The molecule has 19 heavy (non-hydrogen) atoms. The van der Waals surface area contributed by atoms with Crippen LogP contribution in [0.2, 0.25) is 0 Å². The highest BCUT2D eigenvalue weighted by atomic mass is 32.1. The predicted octanol–water partition coefficient (Wildman–Crippen LogP) is 2.14. The number of amides is 1. The molecule has 2 N–H and O–H groups in total. The summed E-state index contributed by atoms with van der Waals surface area (Å²) in [6.07, 6.45) is 3.22. The lowest BCUT2D eigenvalue weighted by Gasteiger charge is -2.31. The zero-order valence-corrected chi connectivity index (χ0v) is 11.9. The molecule has 1 aromatic carbocycles. The van der Waals surface area contributed by atoms with Crippen LogP contribution in [0.25, 0.3) is 0 Å². The van der Waals surface area contributed by atoms with Gasteiger partial charge in [-0.25, -0.2) is 0 Å². The lowest BCUT2D eigenvalue weighted by molar-refractivity contribution is -0.132. The van der Waals surface area contributed by atoms with Crippen LogP contribution in [0, 0.1) is 5.92 Å². The fourth-order valence-electron chi connectivity index (χ4n) is 2.47. The fraction of sp³-hybridized carbons (Fsp3) is 0.467. The number of hydrogen-bond donors (Lipinski definition) is 1. The van der Waals surface area contributed by atoms with Gasteiger partial charge in [0, 0.05) is 25.4 Å². The van der Waals surface area contributed by atoms with Crippen LogP contribution in [-0.2, 0) is 11.2 Å². The SMILES string of the molecule is NC(=S)C1CCN(C(=O)CCc2ccccc2)CC1. The monoisotopic (exact) mass is 276 g/mol. The molecule has 0 spiro atoms. The molecule has 0 aliphatic carbocycles. The third-order valence-electron chi connectivity index (χ3n) is 3.72. The molecule has 1 fully saturated rings. The molecule has 4 heteroatoms. The Kier molecular flexibility index (Phi) is 4.91. The molecule has 1 saturated heterocycles. The van der Waals surface area contributed by atoms with Gasteiger partial charge in [0.1, 0.15) is 0 Å². The molecule has 1 aliphatic rings. The number of carbonyl (C=O) groups excluding carboxylic acids is 1. The molecule has 2 rings (SSSR count). The van der Waals surface area contributed by atoms with Crippen molar-refractivity contribution in [2.24, 2.45) is 11.7 Å². The molecule has 0 radical (unpaired) electrons. The van der Waals surface area contributed by atoms with Gasteiger partial charge >= 0.3 is 0 Å². The zero-order valence-electron chi connectivity index (χ0n) is 11.0. The minimum Gasteiger partial charge on any atom is -0.393 e. The van der Waals surface area contributed by atoms with Crippen LogP contribution in [0.4, 0.5) is 0 Å². The number of thiocarbonyl (C=S) groups is 1. The van der Waals surface area contributed by atoms with Crippen LogP contribution in [0.3, 0.4) is 0 Å². The second kappa shape index (κ2) is 6.66. The Hall–Kier alpha value is -1.42. The maximum absolute atomic E-state index is 12.1. The van der Waals surface area contributed by atoms with Crippen molar-refractivity contribution in [1.29, 1.82) is 0 Å². The Balaban J connectivity index is 1.77. The Bertz CT molecular complexity index is 439. The molecule has 3 nitrogen and oxygen atoms in total. The molecule has 0 aromatic heterocycles. The highest BCUT2D eigenvalue weighted by Gasteiger charge is 2.23. The minimum absolute atomic E-state index is 0.241. The highest BCUT2D eigenvalue weighted by molar-refractivity contribution is 7.80. The molecule has 1 amide bonds. The molecular weight excluding hydrogens is 256 g/mol. The quantitative estimate of drug-likeness (QED) is 0.857. The third-order valence-corrected chi connectivity index (χ3v) is 4.05. The molecule has 1 aliphatic heterocycles. The molecule has 102 valence electrons. The maximum Gasteiger partial charge on any atom is 0.222 e. The molecule has 0 atom stereocenters. The van der Waals surface area contributed by atoms with E-state index in [4.69, 9.17) is 18.0 Å². The van der Waals surface area contributed by atoms with E-state index in [-0.39, 0.29) is 5.91 Å². The van der Waals surface area contributed by atoms with Crippen LogP contribution in [-0.4, -0.2) is 28.9 Å². The van der Waals surface area contributed by atoms with Crippen molar-refractivity contribution in [1.82, 2.24) is 4.90 Å². The maximum atomic E-state index is 12.1. The van der Waals surface area contributed by atoms with Crippen molar-refractivity contribution in [3.05, 3.63) is 35.9 Å². The molecule has 1 aromatic rings. The molecule has 0 unspecified atom stereocenters. The topological polar surface area (TPSA) is 46.3 Å². The Morgan fingerprint density at radius 1 is 1.26 bits per heavy atom. The Labute approximate surface area is 119 Å². The van der Waals surface area contributed by atoms with Crippen molar-refractivity contribution in [3.63, 3.8) is 0 Å². The van der Waals surface area contributed by atoms with E-state index in [1.54, 1.807) is 0 Å². The standard InChI is InChI=1S/C15H20N2OS/c16-15(19)13-8-10-17(11-9-13)14(18)7-6-12-4-2-1-3-5-12/h1-5,13H,6-11H2,(H2,16,19). The van der Waals surface area contributed by atoms with Crippen LogP contribution >= 0.6 is 12.2 Å². The summed E-state index contributed by atoms with van der Waals surface area (Å²) in [6, 6.07) is 10.1. The first-order valence-corrected chi connectivity index (χ1v) is 7.18. The summed E-state index contributed by atoms with van der Waals surface area (Å²) >= 11 is 5.01. The number of nitrogens with two attached hydrogens (primary N) is 1. The van der Waals surface area contributed by atoms with Gasteiger partial charge in [-0.2, -0.15) is 0 Å². The van der Waals surface area contributed by atoms with E-state index >= 15 is 0 Å². The van der Waals surface area contributed by atoms with Gasteiger partial charge in [0.15, 0.2) is 0 Å². The van der Waals surface area contributed by atoms with Gasteiger partial charge in [0.2, 0.25) is 5.91 Å². The second-order valence-corrected chi connectivity index (χ2v) is 5.51. The van der Waals surface area contributed by atoms with Crippen molar-refractivity contribution in [2.75, 3.05) is 13.1 Å². The number of rotatable bonds is 4. The smallest absolute Gasteiger partial charge is 0.222 e. The van der Waals surface area contributed by atoms with Crippen LogP contribution < -0.4 is 5.73 Å². The van der Waals surface area contributed by atoms with Crippen molar-refractivity contribution in [2.45, 2.75) is 25.7 Å². The first-order valence-electron chi connectivity index (χ1n) is 6.78. The van der Waals surface area contributed by atoms with Gasteiger partial charge in [-0.15, -0.1) is 0 Å². The van der Waals surface area contributed by atoms with E-state index in [9.17, 15) is 4.79 Å². The van der Waals surface area contributed by atoms with E-state index in [1.165, 1.54) is 5.56 Å². The van der Waals surface area contributed by atoms with Gasteiger partial charge in [-0.05, 0) is 24.8 Å². The molecule has 0 bridgehead atoms. The summed E-state index contributed by atoms with van der Waals surface area (Å²) in [7, 11) is 0. The summed E-state index contributed by atoms with van der Waals surface area (Å²) in [5.41, 5.74) is 6.87. The normalized spacial score (nSPS) is 16.3. The number of hydrogen-bond acceptors (Lipinski definition) is 2. The Morgan fingerprint density at radius 2 is 1.89 bits per heavy atom. The van der Waals surface area contributed by atoms with Crippen molar-refractivity contribution < 1.29 is 4.79 Å². The number of nitrogens with zero attached hydrogens (tertiary/aromatic N) is 1. The number of benzene rings is 1. The zero-order chi connectivity index (χ0) is 13.7. The number of likely N-dealkylation sites (tertiary alicyclic amines) is 1. The summed E-state index contributed by atoms with van der Waals surface area (Å²) < 4.78 is 0. The van der Waals surface area contributed by atoms with Crippen molar-refractivity contribution in [3.8, 4) is 0 Å². The summed E-state index contributed by atoms with van der Waals surface area (Å²) in [5, 5.41) is 0. The second-order valence-electron chi connectivity index (χ2n) is 5.04. The first-order chi connectivity index (χ1) is 9.16. The average molecular weight is 276 g/mol.